The van der Waals surface area contributed by atoms with Gasteiger partial charge in [0.25, 0.3) is 0 Å². The standard InChI is InChI=1S/C18H28N2O2/c1-5-15-8-6-7-13-20(15)17(21)19-18(2,3)14-9-11-16(22-4)12-10-14/h9-12,15H,5-8,13H2,1-4H3,(H,19,21). The lowest BCUT2D eigenvalue weighted by molar-refractivity contribution is 0.140. The number of amides is 2. The summed E-state index contributed by atoms with van der Waals surface area (Å²) in [5.41, 5.74) is 0.672. The minimum atomic E-state index is -0.404. The highest BCUT2D eigenvalue weighted by atomic mass is 16.5. The van der Waals surface area contributed by atoms with E-state index in [2.05, 4.69) is 12.2 Å². The van der Waals surface area contributed by atoms with Gasteiger partial charge in [0.15, 0.2) is 0 Å². The molecule has 4 heteroatoms. The maximum absolute atomic E-state index is 12.7. The van der Waals surface area contributed by atoms with E-state index in [0.717, 1.165) is 37.1 Å². The number of hydrogen-bond donors (Lipinski definition) is 1. The summed E-state index contributed by atoms with van der Waals surface area (Å²) in [6.45, 7) is 7.10. The number of ether oxygens (including phenoxy) is 1. The third-order valence-electron chi connectivity index (χ3n) is 4.59. The van der Waals surface area contributed by atoms with Crippen LogP contribution in [0.1, 0.15) is 52.0 Å². The Hall–Kier alpha value is -1.71. The van der Waals surface area contributed by atoms with Crippen LogP contribution in [0.25, 0.3) is 0 Å². The average molecular weight is 304 g/mol. The summed E-state index contributed by atoms with van der Waals surface area (Å²) in [7, 11) is 1.66. The maximum Gasteiger partial charge on any atom is 0.318 e. The zero-order valence-electron chi connectivity index (χ0n) is 14.2. The van der Waals surface area contributed by atoms with Crippen LogP contribution in [0.3, 0.4) is 0 Å². The molecule has 1 aromatic rings. The molecule has 0 spiro atoms. The fourth-order valence-electron chi connectivity index (χ4n) is 3.11. The van der Waals surface area contributed by atoms with Gasteiger partial charge in [-0.15, -0.1) is 0 Å². The summed E-state index contributed by atoms with van der Waals surface area (Å²) >= 11 is 0. The van der Waals surface area contributed by atoms with Gasteiger partial charge in [-0.05, 0) is 57.2 Å². The lowest BCUT2D eigenvalue weighted by atomic mass is 9.94. The molecule has 22 heavy (non-hydrogen) atoms. The minimum Gasteiger partial charge on any atom is -0.497 e. The molecule has 1 unspecified atom stereocenters. The molecule has 1 fully saturated rings. The number of nitrogens with one attached hydrogen (secondary N) is 1. The lowest BCUT2D eigenvalue weighted by Crippen LogP contribution is -2.53. The van der Waals surface area contributed by atoms with Crippen LogP contribution in [-0.4, -0.2) is 30.6 Å². The largest absolute Gasteiger partial charge is 0.497 e. The van der Waals surface area contributed by atoms with Crippen LogP contribution in [0, 0.1) is 0 Å². The Morgan fingerprint density at radius 2 is 2.00 bits per heavy atom. The quantitative estimate of drug-likeness (QED) is 0.916. The van der Waals surface area contributed by atoms with E-state index >= 15 is 0 Å². The van der Waals surface area contributed by atoms with Gasteiger partial charge in [-0.1, -0.05) is 19.1 Å². The van der Waals surface area contributed by atoms with Gasteiger partial charge < -0.3 is 15.0 Å². The van der Waals surface area contributed by atoms with Crippen LogP contribution in [0.2, 0.25) is 0 Å². The van der Waals surface area contributed by atoms with Crippen molar-refractivity contribution in [2.45, 2.75) is 58.0 Å². The molecule has 1 aliphatic heterocycles. The van der Waals surface area contributed by atoms with Gasteiger partial charge in [0, 0.05) is 12.6 Å². The highest BCUT2D eigenvalue weighted by Crippen LogP contribution is 2.25. The Bertz CT molecular complexity index is 496. The second-order valence-corrected chi connectivity index (χ2v) is 6.53. The molecule has 0 aromatic heterocycles. The van der Waals surface area contributed by atoms with Crippen molar-refractivity contribution in [3.05, 3.63) is 29.8 Å². The molecule has 4 nitrogen and oxygen atoms in total. The number of methoxy groups -OCH3 is 1. The van der Waals surface area contributed by atoms with Gasteiger partial charge in [-0.3, -0.25) is 0 Å². The smallest absolute Gasteiger partial charge is 0.318 e. The zero-order valence-corrected chi connectivity index (χ0v) is 14.2. The SMILES string of the molecule is CCC1CCCCN1C(=O)NC(C)(C)c1ccc(OC)cc1. The third-order valence-corrected chi connectivity index (χ3v) is 4.59. The van der Waals surface area contributed by atoms with Crippen LogP contribution in [0.15, 0.2) is 24.3 Å². The zero-order chi connectivity index (χ0) is 16.2. The predicted octanol–water partition coefficient (Wildman–Crippen LogP) is 3.90. The molecule has 1 aromatic carbocycles. The van der Waals surface area contributed by atoms with Crippen LogP contribution in [-0.2, 0) is 5.54 Å². The maximum atomic E-state index is 12.7. The number of urea groups is 1. The summed E-state index contributed by atoms with van der Waals surface area (Å²) in [6.07, 6.45) is 4.47. The van der Waals surface area contributed by atoms with Gasteiger partial charge >= 0.3 is 6.03 Å². The van der Waals surface area contributed by atoms with Gasteiger partial charge in [0.05, 0.1) is 12.6 Å². The number of benzene rings is 1. The number of hydrogen-bond acceptors (Lipinski definition) is 2. The molecule has 0 aliphatic carbocycles. The van der Waals surface area contributed by atoms with Crippen molar-refractivity contribution in [3.63, 3.8) is 0 Å². The van der Waals surface area contributed by atoms with Gasteiger partial charge in [0.2, 0.25) is 0 Å². The molecule has 2 rings (SSSR count). The van der Waals surface area contributed by atoms with Crippen LogP contribution < -0.4 is 10.1 Å². The highest BCUT2D eigenvalue weighted by molar-refractivity contribution is 5.75. The number of carbonyl (C=O) groups excluding carboxylic acids is 1. The minimum absolute atomic E-state index is 0.0485. The number of piperidine rings is 1. The number of rotatable bonds is 4. The molecule has 1 atom stereocenters. The first-order chi connectivity index (χ1) is 10.5. The van der Waals surface area contributed by atoms with Crippen molar-refractivity contribution < 1.29 is 9.53 Å². The van der Waals surface area contributed by atoms with Gasteiger partial charge in [-0.25, -0.2) is 4.79 Å². The monoisotopic (exact) mass is 304 g/mol. The normalized spacial score (nSPS) is 18.9. The van der Waals surface area contributed by atoms with Crippen molar-refractivity contribution in [2.24, 2.45) is 0 Å². The molecule has 1 N–H and O–H groups in total. The van der Waals surface area contributed by atoms with Gasteiger partial charge in [0.1, 0.15) is 5.75 Å². The highest BCUT2D eigenvalue weighted by Gasteiger charge is 2.30. The summed E-state index contributed by atoms with van der Waals surface area (Å²) in [4.78, 5) is 14.7. The third kappa shape index (κ3) is 3.73. The fourth-order valence-corrected chi connectivity index (χ4v) is 3.11. The van der Waals surface area contributed by atoms with E-state index in [4.69, 9.17) is 4.74 Å². The molecule has 122 valence electrons. The molecular formula is C18H28N2O2. The number of nitrogens with zero attached hydrogens (tertiary/aromatic N) is 1. The first kappa shape index (κ1) is 16.7. The fraction of sp³-hybridized carbons (Fsp3) is 0.611. The molecule has 0 saturated carbocycles. The Morgan fingerprint density at radius 3 is 2.59 bits per heavy atom. The van der Waals surface area contributed by atoms with Crippen LogP contribution >= 0.6 is 0 Å². The summed E-state index contributed by atoms with van der Waals surface area (Å²) in [5.74, 6) is 0.827. The van der Waals surface area contributed by atoms with E-state index in [9.17, 15) is 4.79 Å². The summed E-state index contributed by atoms with van der Waals surface area (Å²) < 4.78 is 5.19. The molecule has 1 aliphatic rings. The molecule has 0 bridgehead atoms. The van der Waals surface area contributed by atoms with E-state index in [1.54, 1.807) is 7.11 Å². The number of likely N-dealkylation sites (tertiary alicyclic amines) is 1. The van der Waals surface area contributed by atoms with Crippen LogP contribution in [0.4, 0.5) is 4.79 Å². The first-order valence-electron chi connectivity index (χ1n) is 8.21. The lowest BCUT2D eigenvalue weighted by Gasteiger charge is -2.38. The van der Waals surface area contributed by atoms with E-state index in [0.29, 0.717) is 6.04 Å². The van der Waals surface area contributed by atoms with Gasteiger partial charge in [-0.2, -0.15) is 0 Å². The Balaban J connectivity index is 2.07. The Morgan fingerprint density at radius 1 is 1.32 bits per heavy atom. The van der Waals surface area contributed by atoms with Crippen molar-refractivity contribution in [1.82, 2.24) is 10.2 Å². The van der Waals surface area contributed by atoms with Crippen molar-refractivity contribution in [3.8, 4) is 5.75 Å². The molecule has 1 heterocycles. The first-order valence-corrected chi connectivity index (χ1v) is 8.21. The van der Waals surface area contributed by atoms with Crippen LogP contribution in [0.5, 0.6) is 5.75 Å². The summed E-state index contributed by atoms with van der Waals surface area (Å²) in [6, 6.07) is 8.30. The number of carbonyl (C=O) groups is 1. The average Bonchev–Trinajstić information content (AvgIpc) is 2.54. The predicted molar refractivity (Wildman–Crippen MR) is 89.2 cm³/mol. The van der Waals surface area contributed by atoms with E-state index in [1.165, 1.54) is 6.42 Å². The van der Waals surface area contributed by atoms with Crippen molar-refractivity contribution >= 4 is 6.03 Å². The second kappa shape index (κ2) is 7.03. The van der Waals surface area contributed by atoms with Crippen molar-refractivity contribution in [2.75, 3.05) is 13.7 Å². The topological polar surface area (TPSA) is 41.6 Å². The Labute approximate surface area is 133 Å². The summed E-state index contributed by atoms with van der Waals surface area (Å²) in [5, 5.41) is 3.19. The molecular weight excluding hydrogens is 276 g/mol. The second-order valence-electron chi connectivity index (χ2n) is 6.53. The van der Waals surface area contributed by atoms with Crippen molar-refractivity contribution in [1.29, 1.82) is 0 Å². The van der Waals surface area contributed by atoms with E-state index < -0.39 is 5.54 Å². The molecule has 2 amide bonds. The molecule has 1 saturated heterocycles. The molecule has 0 radical (unpaired) electrons. The van der Waals surface area contributed by atoms with E-state index in [-0.39, 0.29) is 6.03 Å². The van der Waals surface area contributed by atoms with E-state index in [1.807, 2.05) is 43.0 Å². The Kier molecular flexibility index (Phi) is 5.33.